The van der Waals surface area contributed by atoms with Crippen LogP contribution in [0.3, 0.4) is 0 Å². The first kappa shape index (κ1) is 28.4. The van der Waals surface area contributed by atoms with Gasteiger partial charge in [0.2, 0.25) is 17.4 Å². The number of rotatable bonds is 10. The van der Waals surface area contributed by atoms with E-state index in [0.29, 0.717) is 24.6 Å². The van der Waals surface area contributed by atoms with Crippen molar-refractivity contribution in [3.63, 3.8) is 0 Å². The number of aromatic nitrogens is 8. The van der Waals surface area contributed by atoms with Crippen molar-refractivity contribution in [1.82, 2.24) is 40.0 Å². The highest BCUT2D eigenvalue weighted by molar-refractivity contribution is 5.92. The van der Waals surface area contributed by atoms with E-state index in [1.165, 1.54) is 11.3 Å². The van der Waals surface area contributed by atoms with Crippen molar-refractivity contribution in [2.45, 2.75) is 105 Å². The van der Waals surface area contributed by atoms with Crippen molar-refractivity contribution < 1.29 is 4.79 Å². The lowest BCUT2D eigenvalue weighted by molar-refractivity contribution is 0.0971. The standard InChI is InChI=1S/C30H42N8O/c1-9-11-13-25-31-27(23(39)12-10-2)34-37(25)19-20-14-16-21(17-15-20)38-24(30(6,7)8)18-22(29(3,4)5)26(38)28-32-35-36-33-28/h14-18H,9-13,19H2,1-8H3,(H,32,33,35,36). The van der Waals surface area contributed by atoms with Gasteiger partial charge in [-0.15, -0.1) is 15.3 Å². The summed E-state index contributed by atoms with van der Waals surface area (Å²) in [7, 11) is 0. The predicted molar refractivity (Wildman–Crippen MR) is 153 cm³/mol. The molecule has 0 saturated carbocycles. The van der Waals surface area contributed by atoms with Crippen LogP contribution in [0, 0.1) is 0 Å². The number of aryl methyl sites for hydroxylation is 1. The number of ketones is 1. The molecule has 0 saturated heterocycles. The average Bonchev–Trinajstić information content (AvgIpc) is 3.61. The highest BCUT2D eigenvalue weighted by Crippen LogP contribution is 2.40. The van der Waals surface area contributed by atoms with Crippen LogP contribution in [0.15, 0.2) is 30.3 Å². The molecule has 3 heterocycles. The Labute approximate surface area is 231 Å². The molecule has 0 aliphatic carbocycles. The van der Waals surface area contributed by atoms with Crippen molar-refractivity contribution in [1.29, 1.82) is 0 Å². The molecular formula is C30H42N8O. The SMILES string of the molecule is CCCCc1nc(C(=O)CCC)nn1Cc1ccc(-n2c(C(C)(C)C)cc(C(C)(C)C)c2-c2nn[nH]n2)cc1. The Bertz CT molecular complexity index is 1400. The Morgan fingerprint density at radius 2 is 1.69 bits per heavy atom. The van der Waals surface area contributed by atoms with Gasteiger partial charge in [0.05, 0.1) is 12.2 Å². The lowest BCUT2D eigenvalue weighted by Gasteiger charge is -2.23. The first-order chi connectivity index (χ1) is 18.4. The van der Waals surface area contributed by atoms with Gasteiger partial charge >= 0.3 is 0 Å². The number of nitrogens with zero attached hydrogens (tertiary/aromatic N) is 7. The van der Waals surface area contributed by atoms with Crippen LogP contribution >= 0.6 is 0 Å². The first-order valence-corrected chi connectivity index (χ1v) is 14.0. The molecule has 3 aromatic heterocycles. The molecular weight excluding hydrogens is 488 g/mol. The molecule has 4 rings (SSSR count). The Morgan fingerprint density at radius 3 is 2.26 bits per heavy atom. The summed E-state index contributed by atoms with van der Waals surface area (Å²) in [6.07, 6.45) is 4.14. The molecule has 0 radical (unpaired) electrons. The number of tetrazole rings is 1. The van der Waals surface area contributed by atoms with Crippen molar-refractivity contribution in [2.24, 2.45) is 0 Å². The van der Waals surface area contributed by atoms with Crippen LogP contribution in [0.2, 0.25) is 0 Å². The third-order valence-corrected chi connectivity index (χ3v) is 6.89. The van der Waals surface area contributed by atoms with E-state index in [2.05, 4.69) is 114 Å². The second-order valence-corrected chi connectivity index (χ2v) is 12.3. The lowest BCUT2D eigenvalue weighted by Crippen LogP contribution is -2.17. The minimum atomic E-state index is -0.115. The normalized spacial score (nSPS) is 12.3. The number of hydrogen-bond donors (Lipinski definition) is 1. The van der Waals surface area contributed by atoms with Crippen LogP contribution in [0.5, 0.6) is 0 Å². The van der Waals surface area contributed by atoms with E-state index in [1.54, 1.807) is 0 Å². The zero-order valence-corrected chi connectivity index (χ0v) is 24.7. The van der Waals surface area contributed by atoms with Crippen molar-refractivity contribution in [2.75, 3.05) is 0 Å². The van der Waals surface area contributed by atoms with Gasteiger partial charge in [0.1, 0.15) is 5.82 Å². The number of Topliss-reactive ketones (excluding diaryl/α,β-unsaturated/α-hetero) is 1. The Balaban J connectivity index is 1.75. The fraction of sp³-hybridized carbons (Fsp3) is 0.533. The van der Waals surface area contributed by atoms with Crippen LogP contribution in [-0.4, -0.2) is 45.7 Å². The quantitative estimate of drug-likeness (QED) is 0.244. The summed E-state index contributed by atoms with van der Waals surface area (Å²) >= 11 is 0. The second-order valence-electron chi connectivity index (χ2n) is 12.3. The maximum Gasteiger partial charge on any atom is 0.221 e. The number of carbonyl (C=O) groups is 1. The summed E-state index contributed by atoms with van der Waals surface area (Å²) in [6.45, 7) is 18.0. The van der Waals surface area contributed by atoms with E-state index < -0.39 is 0 Å². The van der Waals surface area contributed by atoms with Gasteiger partial charge in [-0.05, 0) is 52.8 Å². The topological polar surface area (TPSA) is 107 Å². The van der Waals surface area contributed by atoms with Crippen LogP contribution < -0.4 is 0 Å². The van der Waals surface area contributed by atoms with Crippen LogP contribution in [-0.2, 0) is 23.8 Å². The summed E-state index contributed by atoms with van der Waals surface area (Å²) in [5.74, 6) is 1.79. The molecule has 0 unspecified atom stereocenters. The van der Waals surface area contributed by atoms with E-state index in [0.717, 1.165) is 48.5 Å². The van der Waals surface area contributed by atoms with Gasteiger partial charge < -0.3 is 4.57 Å². The predicted octanol–water partition coefficient (Wildman–Crippen LogP) is 6.22. The summed E-state index contributed by atoms with van der Waals surface area (Å²) in [5, 5.41) is 19.8. The van der Waals surface area contributed by atoms with Gasteiger partial charge in [0, 0.05) is 29.6 Å². The molecule has 208 valence electrons. The molecule has 0 bridgehead atoms. The lowest BCUT2D eigenvalue weighted by atomic mass is 9.85. The van der Waals surface area contributed by atoms with Crippen molar-refractivity contribution >= 4 is 5.78 Å². The average molecular weight is 531 g/mol. The van der Waals surface area contributed by atoms with E-state index >= 15 is 0 Å². The largest absolute Gasteiger partial charge is 0.310 e. The molecule has 4 aromatic rings. The molecule has 0 aliphatic rings. The molecule has 1 N–H and O–H groups in total. The Morgan fingerprint density at radius 1 is 0.974 bits per heavy atom. The van der Waals surface area contributed by atoms with Gasteiger partial charge in [-0.3, -0.25) is 4.79 Å². The maximum absolute atomic E-state index is 12.5. The van der Waals surface area contributed by atoms with E-state index in [4.69, 9.17) is 0 Å². The fourth-order valence-corrected chi connectivity index (χ4v) is 4.79. The Hall–Kier alpha value is -3.62. The smallest absolute Gasteiger partial charge is 0.221 e. The van der Waals surface area contributed by atoms with Gasteiger partial charge in [0.15, 0.2) is 0 Å². The molecule has 1 aromatic carbocycles. The van der Waals surface area contributed by atoms with Crippen molar-refractivity contribution in [3.05, 3.63) is 58.8 Å². The number of hydrogen-bond acceptors (Lipinski definition) is 6. The van der Waals surface area contributed by atoms with E-state index in [1.807, 2.05) is 11.6 Å². The van der Waals surface area contributed by atoms with Gasteiger partial charge in [-0.25, -0.2) is 9.67 Å². The van der Waals surface area contributed by atoms with Gasteiger partial charge in [0.25, 0.3) is 0 Å². The monoisotopic (exact) mass is 530 g/mol. The van der Waals surface area contributed by atoms with E-state index in [9.17, 15) is 4.79 Å². The van der Waals surface area contributed by atoms with Crippen molar-refractivity contribution in [3.8, 4) is 17.2 Å². The highest BCUT2D eigenvalue weighted by atomic mass is 16.1. The number of benzene rings is 1. The van der Waals surface area contributed by atoms with Crippen LogP contribution in [0.25, 0.3) is 17.2 Å². The zero-order chi connectivity index (χ0) is 28.4. The Kier molecular flexibility index (Phi) is 8.18. The summed E-state index contributed by atoms with van der Waals surface area (Å²) < 4.78 is 4.16. The van der Waals surface area contributed by atoms with Gasteiger partial charge in [-0.2, -0.15) is 5.21 Å². The number of carbonyl (C=O) groups excluding carboxylic acids is 1. The summed E-state index contributed by atoms with van der Waals surface area (Å²) in [5.41, 5.74) is 5.20. The van der Waals surface area contributed by atoms with Gasteiger partial charge in [-0.1, -0.05) is 73.9 Å². The third kappa shape index (κ3) is 6.18. The minimum absolute atomic E-state index is 0.00955. The second kappa shape index (κ2) is 11.2. The third-order valence-electron chi connectivity index (χ3n) is 6.89. The van der Waals surface area contributed by atoms with Crippen LogP contribution in [0.4, 0.5) is 0 Å². The highest BCUT2D eigenvalue weighted by Gasteiger charge is 2.32. The summed E-state index contributed by atoms with van der Waals surface area (Å²) in [4.78, 5) is 17.1. The molecule has 0 aliphatic heterocycles. The zero-order valence-electron chi connectivity index (χ0n) is 24.7. The molecule has 0 amide bonds. The minimum Gasteiger partial charge on any atom is -0.310 e. The number of unbranched alkanes of at least 4 members (excludes halogenated alkanes) is 1. The molecule has 0 fully saturated rings. The summed E-state index contributed by atoms with van der Waals surface area (Å²) in [6, 6.07) is 10.8. The number of nitrogens with one attached hydrogen (secondary N) is 1. The number of H-pyrrole nitrogens is 1. The molecule has 0 atom stereocenters. The molecule has 39 heavy (non-hydrogen) atoms. The maximum atomic E-state index is 12.5. The molecule has 0 spiro atoms. The fourth-order valence-electron chi connectivity index (χ4n) is 4.79. The first-order valence-electron chi connectivity index (χ1n) is 14.0. The number of aromatic amines is 1. The van der Waals surface area contributed by atoms with Crippen LogP contribution in [0.1, 0.15) is 114 Å². The molecule has 9 nitrogen and oxygen atoms in total. The van der Waals surface area contributed by atoms with E-state index in [-0.39, 0.29) is 16.6 Å². The molecule has 9 heteroatoms.